The number of rotatable bonds is 2. The molecule has 2 aromatic rings. The van der Waals surface area contributed by atoms with Crippen molar-refractivity contribution in [2.75, 3.05) is 7.11 Å². The normalized spacial score (nSPS) is 10.4. The SMILES string of the molecule is COc1ccc2c(C=O)csc2c1C. The Balaban J connectivity index is 2.78. The van der Waals surface area contributed by atoms with E-state index >= 15 is 0 Å². The third-order valence-corrected chi connectivity index (χ3v) is 3.45. The molecule has 14 heavy (non-hydrogen) atoms. The van der Waals surface area contributed by atoms with Gasteiger partial charge in [0.05, 0.1) is 7.11 Å². The molecule has 0 saturated heterocycles. The standard InChI is InChI=1S/C11H10O2S/c1-7-10(13-2)4-3-9-8(5-12)6-14-11(7)9/h3-6H,1-2H3. The largest absolute Gasteiger partial charge is 0.496 e. The van der Waals surface area contributed by atoms with Crippen LogP contribution in [0.1, 0.15) is 15.9 Å². The molecular weight excluding hydrogens is 196 g/mol. The van der Waals surface area contributed by atoms with Crippen molar-refractivity contribution < 1.29 is 9.53 Å². The fourth-order valence-corrected chi connectivity index (χ4v) is 2.57. The van der Waals surface area contributed by atoms with E-state index in [1.165, 1.54) is 0 Å². The van der Waals surface area contributed by atoms with Gasteiger partial charge in [-0.2, -0.15) is 0 Å². The van der Waals surface area contributed by atoms with Crippen molar-refractivity contribution in [3.8, 4) is 5.75 Å². The summed E-state index contributed by atoms with van der Waals surface area (Å²) in [6, 6.07) is 3.83. The quantitative estimate of drug-likeness (QED) is 0.706. The zero-order valence-electron chi connectivity index (χ0n) is 8.03. The average molecular weight is 206 g/mol. The first-order chi connectivity index (χ1) is 6.77. The molecule has 0 radical (unpaired) electrons. The molecule has 0 fully saturated rings. The maximum atomic E-state index is 10.7. The van der Waals surface area contributed by atoms with E-state index in [2.05, 4.69) is 0 Å². The van der Waals surface area contributed by atoms with Crippen LogP contribution in [0, 0.1) is 6.92 Å². The Kier molecular flexibility index (Phi) is 2.25. The molecule has 1 heterocycles. The lowest BCUT2D eigenvalue weighted by Crippen LogP contribution is -1.86. The fourth-order valence-electron chi connectivity index (χ4n) is 1.55. The van der Waals surface area contributed by atoms with Crippen LogP contribution < -0.4 is 4.74 Å². The number of benzene rings is 1. The van der Waals surface area contributed by atoms with E-state index < -0.39 is 0 Å². The zero-order chi connectivity index (χ0) is 10.1. The van der Waals surface area contributed by atoms with E-state index in [-0.39, 0.29) is 0 Å². The van der Waals surface area contributed by atoms with Crippen molar-refractivity contribution in [1.29, 1.82) is 0 Å². The molecular formula is C11H10O2S. The van der Waals surface area contributed by atoms with Gasteiger partial charge in [-0.15, -0.1) is 11.3 Å². The Labute approximate surface area is 86.1 Å². The molecule has 0 unspecified atom stereocenters. The van der Waals surface area contributed by atoms with Crippen LogP contribution in [0.5, 0.6) is 5.75 Å². The van der Waals surface area contributed by atoms with Crippen molar-refractivity contribution in [3.05, 3.63) is 28.6 Å². The van der Waals surface area contributed by atoms with Gasteiger partial charge in [-0.1, -0.05) is 0 Å². The van der Waals surface area contributed by atoms with Crippen LogP contribution in [0.2, 0.25) is 0 Å². The van der Waals surface area contributed by atoms with E-state index in [1.807, 2.05) is 24.4 Å². The first kappa shape index (κ1) is 9.21. The number of ether oxygens (including phenoxy) is 1. The third-order valence-electron chi connectivity index (χ3n) is 2.32. The molecule has 0 aliphatic heterocycles. The predicted molar refractivity (Wildman–Crippen MR) is 58.5 cm³/mol. The summed E-state index contributed by atoms with van der Waals surface area (Å²) in [6.45, 7) is 2.01. The Morgan fingerprint density at radius 2 is 2.21 bits per heavy atom. The van der Waals surface area contributed by atoms with Gasteiger partial charge in [0.2, 0.25) is 0 Å². The van der Waals surface area contributed by atoms with Crippen LogP contribution in [-0.4, -0.2) is 13.4 Å². The number of aryl methyl sites for hydroxylation is 1. The average Bonchev–Trinajstić information content (AvgIpc) is 2.62. The number of hydrogen-bond donors (Lipinski definition) is 0. The lowest BCUT2D eigenvalue weighted by Gasteiger charge is -2.04. The summed E-state index contributed by atoms with van der Waals surface area (Å²) in [6.07, 6.45) is 0.894. The van der Waals surface area contributed by atoms with Gasteiger partial charge in [0.1, 0.15) is 5.75 Å². The van der Waals surface area contributed by atoms with Crippen LogP contribution in [0.4, 0.5) is 0 Å². The van der Waals surface area contributed by atoms with Crippen LogP contribution in [0.15, 0.2) is 17.5 Å². The van der Waals surface area contributed by atoms with Gasteiger partial charge in [-0.25, -0.2) is 0 Å². The first-order valence-corrected chi connectivity index (χ1v) is 5.16. The summed E-state index contributed by atoms with van der Waals surface area (Å²) >= 11 is 1.58. The highest BCUT2D eigenvalue weighted by Gasteiger charge is 2.08. The number of methoxy groups -OCH3 is 1. The Morgan fingerprint density at radius 1 is 1.43 bits per heavy atom. The number of fused-ring (bicyclic) bond motifs is 1. The van der Waals surface area contributed by atoms with Crippen molar-refractivity contribution in [2.24, 2.45) is 0 Å². The molecule has 2 nitrogen and oxygen atoms in total. The number of carbonyl (C=O) groups excluding carboxylic acids is 1. The lowest BCUT2D eigenvalue weighted by atomic mass is 10.1. The summed E-state index contributed by atoms with van der Waals surface area (Å²) in [4.78, 5) is 10.7. The minimum absolute atomic E-state index is 0.760. The number of carbonyl (C=O) groups is 1. The van der Waals surface area contributed by atoms with Crippen LogP contribution in [0.3, 0.4) is 0 Å². The zero-order valence-corrected chi connectivity index (χ0v) is 8.85. The second kappa shape index (κ2) is 3.42. The first-order valence-electron chi connectivity index (χ1n) is 4.28. The fraction of sp³-hybridized carbons (Fsp3) is 0.182. The maximum Gasteiger partial charge on any atom is 0.151 e. The van der Waals surface area contributed by atoms with Gasteiger partial charge in [0.25, 0.3) is 0 Å². The van der Waals surface area contributed by atoms with Gasteiger partial charge in [0.15, 0.2) is 6.29 Å². The van der Waals surface area contributed by atoms with Crippen molar-refractivity contribution >= 4 is 27.7 Å². The van der Waals surface area contributed by atoms with Gasteiger partial charge in [-0.3, -0.25) is 4.79 Å². The van der Waals surface area contributed by atoms with E-state index in [9.17, 15) is 4.79 Å². The molecule has 1 aromatic heterocycles. The Bertz CT molecular complexity index is 485. The van der Waals surface area contributed by atoms with Gasteiger partial charge >= 0.3 is 0 Å². The topological polar surface area (TPSA) is 26.3 Å². The van der Waals surface area contributed by atoms with Crippen LogP contribution in [0.25, 0.3) is 10.1 Å². The highest BCUT2D eigenvalue weighted by molar-refractivity contribution is 7.17. The summed E-state index contributed by atoms with van der Waals surface area (Å²) < 4.78 is 6.35. The molecule has 1 aromatic carbocycles. The molecule has 0 aliphatic rings. The predicted octanol–water partition coefficient (Wildman–Crippen LogP) is 3.03. The Hall–Kier alpha value is -1.35. The highest BCUT2D eigenvalue weighted by atomic mass is 32.1. The highest BCUT2D eigenvalue weighted by Crippen LogP contribution is 2.33. The van der Waals surface area contributed by atoms with Gasteiger partial charge in [0, 0.05) is 26.6 Å². The second-order valence-corrected chi connectivity index (χ2v) is 3.96. The van der Waals surface area contributed by atoms with E-state index in [0.717, 1.165) is 33.2 Å². The molecule has 0 bridgehead atoms. The molecule has 0 atom stereocenters. The molecule has 3 heteroatoms. The summed E-state index contributed by atoms with van der Waals surface area (Å²) in [7, 11) is 1.66. The smallest absolute Gasteiger partial charge is 0.151 e. The molecule has 2 rings (SSSR count). The molecule has 0 N–H and O–H groups in total. The Morgan fingerprint density at radius 3 is 2.86 bits per heavy atom. The molecule has 72 valence electrons. The van der Waals surface area contributed by atoms with Crippen molar-refractivity contribution in [1.82, 2.24) is 0 Å². The minimum atomic E-state index is 0.760. The van der Waals surface area contributed by atoms with Gasteiger partial charge in [-0.05, 0) is 19.1 Å². The minimum Gasteiger partial charge on any atom is -0.496 e. The second-order valence-electron chi connectivity index (χ2n) is 3.08. The van der Waals surface area contributed by atoms with Crippen LogP contribution >= 0.6 is 11.3 Å². The molecule has 0 spiro atoms. The number of thiophene rings is 1. The number of hydrogen-bond acceptors (Lipinski definition) is 3. The van der Waals surface area contributed by atoms with Gasteiger partial charge < -0.3 is 4.74 Å². The maximum absolute atomic E-state index is 10.7. The third kappa shape index (κ3) is 1.21. The van der Waals surface area contributed by atoms with Crippen molar-refractivity contribution in [3.63, 3.8) is 0 Å². The van der Waals surface area contributed by atoms with E-state index in [4.69, 9.17) is 4.74 Å². The van der Waals surface area contributed by atoms with E-state index in [1.54, 1.807) is 18.4 Å². The monoisotopic (exact) mass is 206 g/mol. The van der Waals surface area contributed by atoms with Crippen molar-refractivity contribution in [2.45, 2.75) is 6.92 Å². The van der Waals surface area contributed by atoms with Crippen LogP contribution in [-0.2, 0) is 0 Å². The summed E-state index contributed by atoms with van der Waals surface area (Å²) in [5.41, 5.74) is 1.86. The lowest BCUT2D eigenvalue weighted by molar-refractivity contribution is 0.112. The molecule has 0 aliphatic carbocycles. The molecule has 0 saturated carbocycles. The summed E-state index contributed by atoms with van der Waals surface area (Å²) in [5.74, 6) is 0.872. The summed E-state index contributed by atoms with van der Waals surface area (Å²) in [5, 5.41) is 2.90. The van der Waals surface area contributed by atoms with E-state index in [0.29, 0.717) is 0 Å². The molecule has 0 amide bonds. The number of aldehydes is 1.